The van der Waals surface area contributed by atoms with E-state index in [2.05, 4.69) is 56.6 Å². The summed E-state index contributed by atoms with van der Waals surface area (Å²) in [7, 11) is 0. The second kappa shape index (κ2) is 10.2. The first-order valence-electron chi connectivity index (χ1n) is 12.2. The Morgan fingerprint density at radius 3 is 2.39 bits per heavy atom. The average Bonchev–Trinajstić information content (AvgIpc) is 3.53. The molecule has 5 rings (SSSR count). The fourth-order valence-electron chi connectivity index (χ4n) is 4.57. The molecule has 0 saturated carbocycles. The van der Waals surface area contributed by atoms with Gasteiger partial charge in [-0.05, 0) is 64.4 Å². The highest BCUT2D eigenvalue weighted by Crippen LogP contribution is 2.16. The van der Waals surface area contributed by atoms with Gasteiger partial charge in [0, 0.05) is 35.8 Å². The van der Waals surface area contributed by atoms with Crippen molar-refractivity contribution >= 4 is 11.5 Å². The minimum atomic E-state index is 0.468. The van der Waals surface area contributed by atoms with Crippen LogP contribution in [0, 0.1) is 17.4 Å². The number of aromatic nitrogens is 2. The molecule has 0 saturated heterocycles. The summed E-state index contributed by atoms with van der Waals surface area (Å²) < 4.78 is 2.23. The lowest BCUT2D eigenvalue weighted by atomic mass is 10.0. The summed E-state index contributed by atoms with van der Waals surface area (Å²) >= 11 is 0. The Bertz CT molecular complexity index is 1630. The quantitative estimate of drug-likeness (QED) is 0.556. The van der Waals surface area contributed by atoms with Crippen molar-refractivity contribution in [1.82, 2.24) is 14.6 Å². The van der Waals surface area contributed by atoms with Crippen molar-refractivity contribution in [3.8, 4) is 0 Å². The van der Waals surface area contributed by atoms with Crippen LogP contribution in [-0.4, -0.2) is 19.8 Å². The van der Waals surface area contributed by atoms with E-state index in [1.165, 1.54) is 5.06 Å². The number of allylic oxidation sites excluding steroid dienone is 2. The van der Waals surface area contributed by atoms with Gasteiger partial charge in [-0.25, -0.2) is 10.0 Å². The maximum absolute atomic E-state index is 10.9. The van der Waals surface area contributed by atoms with Gasteiger partial charge >= 0.3 is 0 Å². The number of imidazole rings is 1. The second-order valence-electron chi connectivity index (χ2n) is 9.09. The minimum Gasteiger partial charge on any atom is -0.330 e. The van der Waals surface area contributed by atoms with E-state index >= 15 is 0 Å². The van der Waals surface area contributed by atoms with E-state index in [1.54, 1.807) is 6.20 Å². The third-order valence-corrected chi connectivity index (χ3v) is 6.30. The minimum absolute atomic E-state index is 0.468. The third-order valence-electron chi connectivity index (χ3n) is 6.30. The van der Waals surface area contributed by atoms with Crippen molar-refractivity contribution in [2.75, 3.05) is 0 Å². The van der Waals surface area contributed by atoms with Crippen molar-refractivity contribution in [3.63, 3.8) is 0 Å². The number of unbranched alkanes of at least 4 members (excludes halogenated alkanes) is 1. The zero-order valence-corrected chi connectivity index (χ0v) is 20.8. The largest absolute Gasteiger partial charge is 0.330 e. The number of aryl methyl sites for hydroxylation is 2. The molecule has 8 nitrogen and oxygen atoms in total. The van der Waals surface area contributed by atoms with Crippen LogP contribution in [0.3, 0.4) is 0 Å². The Balaban J connectivity index is 1.77. The van der Waals surface area contributed by atoms with Crippen LogP contribution in [0.4, 0.5) is 0 Å². The number of nitrogens with zero attached hydrogens (tertiary/aromatic N) is 7. The number of hydrogen-bond donors (Lipinski definition) is 1. The lowest BCUT2D eigenvalue weighted by molar-refractivity contribution is 0.0232. The smallest absolute Gasteiger partial charge is 0.207 e. The van der Waals surface area contributed by atoms with Crippen LogP contribution >= 0.6 is 0 Å². The zero-order valence-electron chi connectivity index (χ0n) is 20.8. The highest BCUT2D eigenvalue weighted by atomic mass is 16.5. The Kier molecular flexibility index (Phi) is 6.69. The highest BCUT2D eigenvalue weighted by Gasteiger charge is 2.11. The van der Waals surface area contributed by atoms with Crippen LogP contribution < -0.4 is 10.4 Å². The molecule has 3 aromatic rings. The van der Waals surface area contributed by atoms with E-state index < -0.39 is 0 Å². The van der Waals surface area contributed by atoms with E-state index in [1.807, 2.05) is 50.3 Å². The van der Waals surface area contributed by atoms with Gasteiger partial charge in [0.1, 0.15) is 5.82 Å². The molecule has 0 radical (unpaired) electrons. The molecule has 0 fully saturated rings. The lowest BCUT2D eigenvalue weighted by Crippen LogP contribution is -2.23. The molecule has 0 amide bonds. The maximum atomic E-state index is 10.9. The van der Waals surface area contributed by atoms with Crippen LogP contribution in [0.2, 0.25) is 0 Å². The maximum Gasteiger partial charge on any atom is 0.207 e. The first-order valence-corrected chi connectivity index (χ1v) is 12.2. The van der Waals surface area contributed by atoms with Crippen LogP contribution in [0.1, 0.15) is 43.8 Å². The predicted octanol–water partition coefficient (Wildman–Crippen LogP) is 5.04. The zero-order chi connectivity index (χ0) is 25.1. The van der Waals surface area contributed by atoms with Gasteiger partial charge in [-0.3, -0.25) is 5.21 Å². The summed E-state index contributed by atoms with van der Waals surface area (Å²) in [5, 5.41) is 31.2. The van der Waals surface area contributed by atoms with Crippen molar-refractivity contribution in [2.24, 2.45) is 20.7 Å². The van der Waals surface area contributed by atoms with Gasteiger partial charge in [0.2, 0.25) is 5.82 Å². The topological polar surface area (TPSA) is 90.7 Å². The van der Waals surface area contributed by atoms with Crippen molar-refractivity contribution in [3.05, 3.63) is 111 Å². The molecular weight excluding hydrogens is 450 g/mol. The van der Waals surface area contributed by atoms with Gasteiger partial charge in [0.05, 0.1) is 11.4 Å². The van der Waals surface area contributed by atoms with Crippen LogP contribution in [0.5, 0.6) is 0 Å². The fourth-order valence-corrected chi connectivity index (χ4v) is 4.57. The van der Waals surface area contributed by atoms with Gasteiger partial charge in [0.25, 0.3) is 0 Å². The number of hydrogen-bond acceptors (Lipinski definition) is 7. The lowest BCUT2D eigenvalue weighted by Gasteiger charge is -2.18. The van der Waals surface area contributed by atoms with Gasteiger partial charge in [-0.1, -0.05) is 55.8 Å². The summed E-state index contributed by atoms with van der Waals surface area (Å²) in [5.41, 5.74) is 3.81. The molecule has 0 aliphatic carbocycles. The Morgan fingerprint density at radius 2 is 1.64 bits per heavy atom. The van der Waals surface area contributed by atoms with Crippen molar-refractivity contribution < 1.29 is 5.21 Å². The number of hydroxylamine groups is 2. The van der Waals surface area contributed by atoms with Gasteiger partial charge in [0.15, 0.2) is 0 Å². The summed E-state index contributed by atoms with van der Waals surface area (Å²) in [4.78, 5) is 4.75. The molecule has 36 heavy (non-hydrogen) atoms. The molecule has 182 valence electrons. The molecule has 0 atom stereocenters. The summed E-state index contributed by atoms with van der Waals surface area (Å²) in [6, 6.07) is 14.3. The third kappa shape index (κ3) is 4.81. The molecule has 2 aromatic carbocycles. The van der Waals surface area contributed by atoms with E-state index in [-0.39, 0.29) is 0 Å². The second-order valence-corrected chi connectivity index (χ2v) is 9.09. The SMILES string of the molecule is CCCCc1nc(C)cn1Cc1ccc(=c2ccccc2=C2N=NN=N2)c(=C2C=CC(C)=CN2O)c1. The standard InChI is InChI=1S/C28H29N7O/c1-4-5-10-27-29-20(3)17-34(27)18-21-12-13-23(25(15-21)26-14-11-19(2)16-35(26)36)22-8-6-7-9-24(22)28-30-32-33-31-28/h6-9,11-17,36H,4-5,10,18H2,1-3H3. The molecule has 0 bridgehead atoms. The molecule has 2 aliphatic heterocycles. The molecule has 2 aliphatic rings. The molecule has 1 N–H and O–H groups in total. The first-order chi connectivity index (χ1) is 17.5. The Hall–Kier alpha value is -4.17. The van der Waals surface area contributed by atoms with Crippen molar-refractivity contribution in [2.45, 2.75) is 46.6 Å². The van der Waals surface area contributed by atoms with E-state index in [0.717, 1.165) is 62.8 Å². The van der Waals surface area contributed by atoms with Crippen LogP contribution in [0.15, 0.2) is 93.3 Å². The number of benzene rings is 2. The molecule has 0 spiro atoms. The van der Waals surface area contributed by atoms with Crippen LogP contribution in [0.25, 0.3) is 11.5 Å². The first kappa shape index (κ1) is 23.6. The molecular formula is C28H29N7O. The van der Waals surface area contributed by atoms with Gasteiger partial charge in [-0.2, -0.15) is 0 Å². The summed E-state index contributed by atoms with van der Waals surface area (Å²) in [6.07, 6.45) is 11.0. The molecule has 3 heterocycles. The summed E-state index contributed by atoms with van der Waals surface area (Å²) in [6.45, 7) is 6.88. The van der Waals surface area contributed by atoms with E-state index in [4.69, 9.17) is 4.98 Å². The normalized spacial score (nSPS) is 17.3. The Morgan fingerprint density at radius 1 is 0.889 bits per heavy atom. The van der Waals surface area contributed by atoms with E-state index in [0.29, 0.717) is 18.1 Å². The fraction of sp³-hybridized carbons (Fsp3) is 0.250. The van der Waals surface area contributed by atoms with Crippen molar-refractivity contribution in [1.29, 1.82) is 0 Å². The molecule has 0 unspecified atom stereocenters. The van der Waals surface area contributed by atoms with Gasteiger partial charge < -0.3 is 4.57 Å². The average molecular weight is 480 g/mol. The highest BCUT2D eigenvalue weighted by molar-refractivity contribution is 5.59. The summed E-state index contributed by atoms with van der Waals surface area (Å²) in [5.74, 6) is 1.57. The number of rotatable bonds is 5. The van der Waals surface area contributed by atoms with Crippen LogP contribution in [-0.2, 0) is 13.0 Å². The molecule has 1 aromatic heterocycles. The monoisotopic (exact) mass is 479 g/mol. The Labute approximate surface area is 209 Å². The predicted molar refractivity (Wildman–Crippen MR) is 138 cm³/mol. The van der Waals surface area contributed by atoms with Gasteiger partial charge in [-0.15, -0.1) is 10.2 Å². The molecule has 8 heteroatoms. The van der Waals surface area contributed by atoms with E-state index in [9.17, 15) is 5.21 Å².